The van der Waals surface area contributed by atoms with E-state index in [1.165, 1.54) is 11.1 Å². The minimum absolute atomic E-state index is 0.212. The molecule has 1 aliphatic rings. The van der Waals surface area contributed by atoms with E-state index in [0.717, 1.165) is 25.2 Å². The first-order valence-corrected chi connectivity index (χ1v) is 6.50. The first-order valence-electron chi connectivity index (χ1n) is 6.12. The molecule has 3 rings (SSSR count). The Kier molecular flexibility index (Phi) is 3.27. The Balaban J connectivity index is 1.85. The summed E-state index contributed by atoms with van der Waals surface area (Å²) >= 11 is 5.67. The van der Waals surface area contributed by atoms with Gasteiger partial charge in [-0.2, -0.15) is 0 Å². The van der Waals surface area contributed by atoms with E-state index >= 15 is 0 Å². The van der Waals surface area contributed by atoms with E-state index in [2.05, 4.69) is 16.7 Å². The molecule has 98 valence electrons. The highest BCUT2D eigenvalue weighted by Crippen LogP contribution is 2.24. The van der Waals surface area contributed by atoms with Gasteiger partial charge in [-0.05, 0) is 53.9 Å². The average molecular weight is 277 g/mol. The molecular formula is C14H13ClN2O2. The van der Waals surface area contributed by atoms with Gasteiger partial charge in [0.1, 0.15) is 0 Å². The molecule has 2 aromatic rings. The fraction of sp³-hybridized carbons (Fsp3) is 0.214. The summed E-state index contributed by atoms with van der Waals surface area (Å²) < 4.78 is 5.10. The predicted molar refractivity (Wildman–Crippen MR) is 73.5 cm³/mol. The summed E-state index contributed by atoms with van der Waals surface area (Å²) in [6.07, 6.45) is 0.907. The number of nitrogens with one attached hydrogen (secondary N) is 2. The second-order valence-corrected chi connectivity index (χ2v) is 4.80. The van der Waals surface area contributed by atoms with Crippen molar-refractivity contribution in [1.82, 2.24) is 5.32 Å². The number of benzene rings is 1. The number of amides is 1. The van der Waals surface area contributed by atoms with Crippen molar-refractivity contribution >= 4 is 23.2 Å². The summed E-state index contributed by atoms with van der Waals surface area (Å²) in [5, 5.41) is 6.40. The van der Waals surface area contributed by atoms with E-state index in [1.54, 1.807) is 12.1 Å². The van der Waals surface area contributed by atoms with Crippen molar-refractivity contribution in [2.24, 2.45) is 0 Å². The largest absolute Gasteiger partial charge is 0.440 e. The summed E-state index contributed by atoms with van der Waals surface area (Å²) in [7, 11) is 0. The van der Waals surface area contributed by atoms with E-state index in [-0.39, 0.29) is 16.9 Å². The number of anilines is 1. The monoisotopic (exact) mass is 276 g/mol. The van der Waals surface area contributed by atoms with Crippen LogP contribution in [0.1, 0.15) is 21.7 Å². The molecule has 0 spiro atoms. The average Bonchev–Trinajstić information content (AvgIpc) is 2.86. The highest BCUT2D eigenvalue weighted by atomic mass is 35.5. The number of rotatable bonds is 2. The van der Waals surface area contributed by atoms with Gasteiger partial charge in [0.05, 0.1) is 0 Å². The van der Waals surface area contributed by atoms with Gasteiger partial charge in [0.25, 0.3) is 5.91 Å². The molecule has 2 N–H and O–H groups in total. The molecule has 0 fully saturated rings. The van der Waals surface area contributed by atoms with Crippen LogP contribution >= 0.6 is 11.6 Å². The van der Waals surface area contributed by atoms with E-state index < -0.39 is 0 Å². The van der Waals surface area contributed by atoms with Gasteiger partial charge in [0.15, 0.2) is 11.0 Å². The quantitative estimate of drug-likeness (QED) is 0.887. The lowest BCUT2D eigenvalue weighted by Crippen LogP contribution is -2.25. The van der Waals surface area contributed by atoms with Crippen LogP contribution in [0.2, 0.25) is 5.22 Å². The normalized spacial score (nSPS) is 13.9. The van der Waals surface area contributed by atoms with Gasteiger partial charge < -0.3 is 15.1 Å². The van der Waals surface area contributed by atoms with Crippen LogP contribution < -0.4 is 10.6 Å². The summed E-state index contributed by atoms with van der Waals surface area (Å²) in [6.45, 7) is 1.76. The molecule has 1 aliphatic heterocycles. The fourth-order valence-corrected chi connectivity index (χ4v) is 2.42. The van der Waals surface area contributed by atoms with Crippen LogP contribution in [0.5, 0.6) is 0 Å². The zero-order valence-electron chi connectivity index (χ0n) is 10.2. The molecule has 4 nitrogen and oxygen atoms in total. The molecule has 0 saturated heterocycles. The van der Waals surface area contributed by atoms with Gasteiger partial charge in [-0.1, -0.05) is 12.1 Å². The van der Waals surface area contributed by atoms with E-state index in [4.69, 9.17) is 16.0 Å². The lowest BCUT2D eigenvalue weighted by Gasteiger charge is -2.20. The second kappa shape index (κ2) is 5.07. The SMILES string of the molecule is O=C(Nc1cccc2c1CCNC2)c1ccc(Cl)o1. The predicted octanol–water partition coefficient (Wildman–Crippen LogP) is 2.83. The molecule has 0 radical (unpaired) electrons. The maximum atomic E-state index is 12.0. The number of halogens is 1. The zero-order valence-corrected chi connectivity index (χ0v) is 11.0. The van der Waals surface area contributed by atoms with Gasteiger partial charge in [0.2, 0.25) is 0 Å². The third-order valence-electron chi connectivity index (χ3n) is 3.19. The van der Waals surface area contributed by atoms with Gasteiger partial charge in [-0.15, -0.1) is 0 Å². The lowest BCUT2D eigenvalue weighted by molar-refractivity contribution is 0.0996. The van der Waals surface area contributed by atoms with Crippen LogP contribution in [0.4, 0.5) is 5.69 Å². The molecule has 0 saturated carbocycles. The zero-order chi connectivity index (χ0) is 13.2. The van der Waals surface area contributed by atoms with Crippen LogP contribution in [-0.2, 0) is 13.0 Å². The fourth-order valence-electron chi connectivity index (χ4n) is 2.27. The van der Waals surface area contributed by atoms with Crippen molar-refractivity contribution in [2.45, 2.75) is 13.0 Å². The number of hydrogen-bond donors (Lipinski definition) is 2. The minimum atomic E-state index is -0.279. The van der Waals surface area contributed by atoms with Crippen molar-refractivity contribution in [2.75, 3.05) is 11.9 Å². The number of hydrogen-bond acceptors (Lipinski definition) is 3. The minimum Gasteiger partial charge on any atom is -0.440 e. The second-order valence-electron chi connectivity index (χ2n) is 4.43. The summed E-state index contributed by atoms with van der Waals surface area (Å²) in [5.41, 5.74) is 3.25. The molecule has 2 heterocycles. The highest BCUT2D eigenvalue weighted by Gasteiger charge is 2.16. The Morgan fingerprint density at radius 1 is 1.32 bits per heavy atom. The Morgan fingerprint density at radius 2 is 2.21 bits per heavy atom. The molecule has 1 aromatic carbocycles. The van der Waals surface area contributed by atoms with Crippen molar-refractivity contribution in [3.63, 3.8) is 0 Å². The molecule has 0 bridgehead atoms. The van der Waals surface area contributed by atoms with Crippen molar-refractivity contribution in [3.8, 4) is 0 Å². The summed E-state index contributed by atoms with van der Waals surface area (Å²) in [5.74, 6) is -0.0598. The van der Waals surface area contributed by atoms with Crippen molar-refractivity contribution in [3.05, 3.63) is 52.4 Å². The molecule has 19 heavy (non-hydrogen) atoms. The first-order chi connectivity index (χ1) is 9.24. The van der Waals surface area contributed by atoms with Gasteiger partial charge in [-0.25, -0.2) is 0 Å². The molecule has 0 atom stereocenters. The highest BCUT2D eigenvalue weighted by molar-refractivity contribution is 6.29. The smallest absolute Gasteiger partial charge is 0.291 e. The molecule has 0 unspecified atom stereocenters. The van der Waals surface area contributed by atoms with Crippen LogP contribution in [0.25, 0.3) is 0 Å². The maximum Gasteiger partial charge on any atom is 0.291 e. The Labute approximate surface area is 115 Å². The molecular weight excluding hydrogens is 264 g/mol. The maximum absolute atomic E-state index is 12.0. The van der Waals surface area contributed by atoms with Crippen LogP contribution in [0, 0.1) is 0 Å². The van der Waals surface area contributed by atoms with E-state index in [0.29, 0.717) is 0 Å². The van der Waals surface area contributed by atoms with E-state index in [1.807, 2.05) is 12.1 Å². The van der Waals surface area contributed by atoms with Gasteiger partial charge >= 0.3 is 0 Å². The van der Waals surface area contributed by atoms with Crippen molar-refractivity contribution < 1.29 is 9.21 Å². The van der Waals surface area contributed by atoms with Crippen LogP contribution in [0.3, 0.4) is 0 Å². The molecule has 1 aromatic heterocycles. The molecule has 5 heteroatoms. The first kappa shape index (κ1) is 12.3. The third-order valence-corrected chi connectivity index (χ3v) is 3.39. The number of carbonyl (C=O) groups excluding carboxylic acids is 1. The summed E-state index contributed by atoms with van der Waals surface area (Å²) in [4.78, 5) is 12.0. The van der Waals surface area contributed by atoms with Gasteiger partial charge in [0, 0.05) is 12.2 Å². The third kappa shape index (κ3) is 2.50. The standard InChI is InChI=1S/C14H13ClN2O2/c15-13-5-4-12(19-13)14(18)17-11-3-1-2-9-8-16-7-6-10(9)11/h1-5,16H,6-8H2,(H,17,18). The Morgan fingerprint density at radius 3 is 3.00 bits per heavy atom. The molecule has 1 amide bonds. The number of fused-ring (bicyclic) bond motifs is 1. The lowest BCUT2D eigenvalue weighted by atomic mass is 9.99. The molecule has 0 aliphatic carbocycles. The van der Waals surface area contributed by atoms with Crippen LogP contribution in [0.15, 0.2) is 34.7 Å². The Hall–Kier alpha value is -1.78. The topological polar surface area (TPSA) is 54.3 Å². The van der Waals surface area contributed by atoms with E-state index in [9.17, 15) is 4.79 Å². The Bertz CT molecular complexity index is 622. The summed E-state index contributed by atoms with van der Waals surface area (Å²) in [6, 6.07) is 9.04. The van der Waals surface area contributed by atoms with Gasteiger partial charge in [-0.3, -0.25) is 4.79 Å². The number of furan rings is 1. The van der Waals surface area contributed by atoms with Crippen molar-refractivity contribution in [1.29, 1.82) is 0 Å². The number of carbonyl (C=O) groups is 1. The van der Waals surface area contributed by atoms with Crippen LogP contribution in [-0.4, -0.2) is 12.5 Å².